The quantitative estimate of drug-likeness (QED) is 0.696. The Labute approximate surface area is 80.0 Å². The van der Waals surface area contributed by atoms with E-state index in [-0.39, 0.29) is 17.0 Å². The van der Waals surface area contributed by atoms with Crippen LogP contribution in [0.4, 0.5) is 0 Å². The summed E-state index contributed by atoms with van der Waals surface area (Å²) in [6.45, 7) is 3.52. The van der Waals surface area contributed by atoms with E-state index in [4.69, 9.17) is 0 Å². The molecule has 0 bridgehead atoms. The van der Waals surface area contributed by atoms with Crippen LogP contribution < -0.4 is 5.56 Å². The molecule has 0 unspecified atom stereocenters. The molecule has 0 aliphatic heterocycles. The minimum atomic E-state index is -0.273. The summed E-state index contributed by atoms with van der Waals surface area (Å²) in [5.41, 5.74) is 1.49. The van der Waals surface area contributed by atoms with Crippen LogP contribution in [0.2, 0.25) is 0 Å². The van der Waals surface area contributed by atoms with Crippen LogP contribution >= 0.6 is 0 Å². The number of rotatable bonds is 1. The smallest absolute Gasteiger partial charge is 0.257 e. The molecule has 0 aliphatic rings. The van der Waals surface area contributed by atoms with Gasteiger partial charge in [0.25, 0.3) is 5.56 Å². The van der Waals surface area contributed by atoms with Crippen LogP contribution in [-0.4, -0.2) is 19.7 Å². The molecular weight excluding hydrogens is 182 g/mol. The first kappa shape index (κ1) is 8.80. The van der Waals surface area contributed by atoms with Gasteiger partial charge in [0.1, 0.15) is 5.65 Å². The number of fused-ring (bicyclic) bond motifs is 1. The third-order valence-electron chi connectivity index (χ3n) is 2.33. The zero-order valence-corrected chi connectivity index (χ0v) is 8.03. The molecule has 0 atom stereocenters. The van der Waals surface area contributed by atoms with Gasteiger partial charge in [0.2, 0.25) is 5.88 Å². The third-order valence-corrected chi connectivity index (χ3v) is 2.33. The Hall–Kier alpha value is -1.78. The van der Waals surface area contributed by atoms with Crippen LogP contribution in [0.15, 0.2) is 11.0 Å². The second kappa shape index (κ2) is 2.87. The maximum atomic E-state index is 11.4. The lowest BCUT2D eigenvalue weighted by Gasteiger charge is -2.01. The molecule has 5 nitrogen and oxygen atoms in total. The lowest BCUT2D eigenvalue weighted by atomic mass is 10.2. The highest BCUT2D eigenvalue weighted by molar-refractivity contribution is 5.49. The van der Waals surface area contributed by atoms with E-state index in [1.165, 1.54) is 4.52 Å². The number of aromatic nitrogens is 3. The first-order valence-corrected chi connectivity index (χ1v) is 4.43. The normalized spacial score (nSPS) is 11.0. The summed E-state index contributed by atoms with van der Waals surface area (Å²) in [5.74, 6) is -0.0940. The highest BCUT2D eigenvalue weighted by Gasteiger charge is 2.10. The third kappa shape index (κ3) is 1.02. The van der Waals surface area contributed by atoms with Crippen molar-refractivity contribution in [3.8, 4) is 5.88 Å². The van der Waals surface area contributed by atoms with Gasteiger partial charge in [-0.1, -0.05) is 6.92 Å². The Bertz CT molecular complexity index is 539. The Morgan fingerprint density at radius 3 is 3.00 bits per heavy atom. The van der Waals surface area contributed by atoms with Crippen molar-refractivity contribution in [3.63, 3.8) is 0 Å². The first-order valence-electron chi connectivity index (χ1n) is 4.43. The van der Waals surface area contributed by atoms with Crippen LogP contribution in [0, 0.1) is 6.92 Å². The van der Waals surface area contributed by atoms with Gasteiger partial charge in [-0.15, -0.1) is 0 Å². The Morgan fingerprint density at radius 1 is 1.64 bits per heavy atom. The predicted octanol–water partition coefficient (Wildman–Crippen LogP) is 0.599. The number of aryl methyl sites for hydroxylation is 1. The van der Waals surface area contributed by atoms with Gasteiger partial charge >= 0.3 is 0 Å². The fraction of sp³-hybridized carbons (Fsp3) is 0.333. The molecule has 0 aromatic carbocycles. The Kier molecular flexibility index (Phi) is 1.80. The summed E-state index contributed by atoms with van der Waals surface area (Å²) >= 11 is 0. The van der Waals surface area contributed by atoms with Crippen molar-refractivity contribution in [1.29, 1.82) is 0 Å². The lowest BCUT2D eigenvalue weighted by Crippen LogP contribution is -2.13. The summed E-state index contributed by atoms with van der Waals surface area (Å²) in [6, 6.07) is 0. The van der Waals surface area contributed by atoms with E-state index in [0.717, 1.165) is 12.0 Å². The van der Waals surface area contributed by atoms with Crippen molar-refractivity contribution < 1.29 is 5.11 Å². The van der Waals surface area contributed by atoms with Crippen molar-refractivity contribution in [2.24, 2.45) is 0 Å². The molecule has 0 spiro atoms. The average molecular weight is 193 g/mol. The van der Waals surface area contributed by atoms with E-state index in [1.807, 2.05) is 6.92 Å². The SMILES string of the molecule is CCc1cnn2c(O)c(C)c(=O)[nH]c12. The number of aromatic amines is 1. The molecule has 74 valence electrons. The van der Waals surface area contributed by atoms with Crippen molar-refractivity contribution in [2.45, 2.75) is 20.3 Å². The fourth-order valence-corrected chi connectivity index (χ4v) is 1.40. The van der Waals surface area contributed by atoms with Gasteiger partial charge in [-0.2, -0.15) is 9.61 Å². The number of H-pyrrole nitrogens is 1. The molecule has 0 saturated carbocycles. The van der Waals surface area contributed by atoms with E-state index in [0.29, 0.717) is 5.65 Å². The van der Waals surface area contributed by atoms with Crippen molar-refractivity contribution in [3.05, 3.63) is 27.7 Å². The van der Waals surface area contributed by atoms with E-state index in [9.17, 15) is 9.90 Å². The summed E-state index contributed by atoms with van der Waals surface area (Å²) in [4.78, 5) is 14.0. The number of aromatic hydroxyl groups is 1. The van der Waals surface area contributed by atoms with Crippen LogP contribution in [0.3, 0.4) is 0 Å². The average Bonchev–Trinajstić information content (AvgIpc) is 2.57. The highest BCUT2D eigenvalue weighted by atomic mass is 16.3. The first-order chi connectivity index (χ1) is 6.65. The van der Waals surface area contributed by atoms with Gasteiger partial charge in [-0.3, -0.25) is 4.79 Å². The van der Waals surface area contributed by atoms with Gasteiger partial charge in [0, 0.05) is 5.56 Å². The molecule has 0 amide bonds. The van der Waals surface area contributed by atoms with Gasteiger partial charge in [-0.25, -0.2) is 0 Å². The number of nitrogens with zero attached hydrogens (tertiary/aromatic N) is 2. The second-order valence-electron chi connectivity index (χ2n) is 3.19. The topological polar surface area (TPSA) is 70.4 Å². The summed E-state index contributed by atoms with van der Waals surface area (Å²) in [7, 11) is 0. The maximum absolute atomic E-state index is 11.4. The molecule has 0 aliphatic carbocycles. The largest absolute Gasteiger partial charge is 0.493 e. The standard InChI is InChI=1S/C9H11N3O2/c1-3-6-4-10-12-7(6)11-8(13)5(2)9(12)14/h4,14H,3H2,1-2H3,(H,11,13). The molecule has 5 heteroatoms. The highest BCUT2D eigenvalue weighted by Crippen LogP contribution is 2.15. The van der Waals surface area contributed by atoms with Crippen molar-refractivity contribution in [2.75, 3.05) is 0 Å². The molecule has 0 saturated heterocycles. The molecule has 2 heterocycles. The molecule has 2 rings (SSSR count). The molecular formula is C9H11N3O2. The van der Waals surface area contributed by atoms with E-state index in [2.05, 4.69) is 10.1 Å². The minimum Gasteiger partial charge on any atom is -0.493 e. The van der Waals surface area contributed by atoms with E-state index in [1.54, 1.807) is 13.1 Å². The van der Waals surface area contributed by atoms with Gasteiger partial charge in [-0.05, 0) is 13.3 Å². The fourth-order valence-electron chi connectivity index (χ4n) is 1.40. The lowest BCUT2D eigenvalue weighted by molar-refractivity contribution is 0.429. The van der Waals surface area contributed by atoms with Crippen molar-refractivity contribution in [1.82, 2.24) is 14.6 Å². The number of hydrogen-bond donors (Lipinski definition) is 2. The zero-order chi connectivity index (χ0) is 10.3. The van der Waals surface area contributed by atoms with Crippen LogP contribution in [-0.2, 0) is 6.42 Å². The monoisotopic (exact) mass is 193 g/mol. The Balaban J connectivity index is 2.93. The van der Waals surface area contributed by atoms with Crippen LogP contribution in [0.1, 0.15) is 18.1 Å². The van der Waals surface area contributed by atoms with Gasteiger partial charge in [0.05, 0.1) is 11.8 Å². The van der Waals surface area contributed by atoms with Gasteiger partial charge < -0.3 is 10.1 Å². The van der Waals surface area contributed by atoms with Gasteiger partial charge in [0.15, 0.2) is 0 Å². The minimum absolute atomic E-state index is 0.0940. The van der Waals surface area contributed by atoms with Crippen LogP contribution in [0.5, 0.6) is 5.88 Å². The number of hydrogen-bond acceptors (Lipinski definition) is 3. The van der Waals surface area contributed by atoms with Crippen molar-refractivity contribution >= 4 is 5.65 Å². The summed E-state index contributed by atoms with van der Waals surface area (Å²) < 4.78 is 1.34. The summed E-state index contributed by atoms with van der Waals surface area (Å²) in [5, 5.41) is 13.6. The van der Waals surface area contributed by atoms with E-state index >= 15 is 0 Å². The molecule has 2 aromatic rings. The molecule has 14 heavy (non-hydrogen) atoms. The molecule has 0 radical (unpaired) electrons. The molecule has 0 fully saturated rings. The summed E-state index contributed by atoms with van der Waals surface area (Å²) in [6.07, 6.45) is 2.41. The van der Waals surface area contributed by atoms with Crippen LogP contribution in [0.25, 0.3) is 5.65 Å². The maximum Gasteiger partial charge on any atom is 0.257 e. The Morgan fingerprint density at radius 2 is 2.36 bits per heavy atom. The predicted molar refractivity (Wildman–Crippen MR) is 51.6 cm³/mol. The molecule has 2 aromatic heterocycles. The zero-order valence-electron chi connectivity index (χ0n) is 8.03. The molecule has 2 N–H and O–H groups in total. The second-order valence-corrected chi connectivity index (χ2v) is 3.19. The van der Waals surface area contributed by atoms with E-state index < -0.39 is 0 Å². The number of nitrogens with one attached hydrogen (secondary N) is 1.